The summed E-state index contributed by atoms with van der Waals surface area (Å²) in [5, 5.41) is 41.0. The van der Waals surface area contributed by atoms with E-state index >= 15 is 0 Å². The minimum atomic E-state index is -1.09. The smallest absolute Gasteiger partial charge is 0.305 e. The molecule has 0 saturated heterocycles. The van der Waals surface area contributed by atoms with Gasteiger partial charge in [-0.1, -0.05) is 97.1 Å². The minimum absolute atomic E-state index is 0.0437. The number of esters is 2. The van der Waals surface area contributed by atoms with Crippen LogP contribution in [-0.4, -0.2) is 75.8 Å². The number of hydrogen-bond donors (Lipinski definition) is 4. The Balaban J connectivity index is 2.14. The summed E-state index contributed by atoms with van der Waals surface area (Å²) in [6.45, 7) is 6.12. The lowest BCUT2D eigenvalue weighted by Gasteiger charge is -2.20. The van der Waals surface area contributed by atoms with E-state index in [0.29, 0.717) is 25.7 Å². The van der Waals surface area contributed by atoms with Crippen LogP contribution in [0.1, 0.15) is 143 Å². The van der Waals surface area contributed by atoms with Crippen LogP contribution in [0.3, 0.4) is 0 Å². The van der Waals surface area contributed by atoms with Crippen molar-refractivity contribution in [1.82, 2.24) is 0 Å². The van der Waals surface area contributed by atoms with Gasteiger partial charge in [-0.25, -0.2) is 0 Å². The van der Waals surface area contributed by atoms with Crippen LogP contribution < -0.4 is 0 Å². The van der Waals surface area contributed by atoms with Gasteiger partial charge < -0.3 is 29.9 Å². The number of Topliss-reactive ketones (excluding diaryl/α,β-unsaturated/α-hetero) is 1. The molecule has 1 fully saturated rings. The van der Waals surface area contributed by atoms with Gasteiger partial charge in [0, 0.05) is 43.9 Å². The number of carbonyl (C=O) groups excluding carboxylic acids is 3. The molecule has 0 aromatic heterocycles. The molecule has 0 spiro atoms. The third-order valence-electron chi connectivity index (χ3n) is 8.66. The average Bonchev–Trinajstić information content (AvgIpc) is 3.26. The number of carbonyl (C=O) groups is 3. The second-order valence-electron chi connectivity index (χ2n) is 13.4. The summed E-state index contributed by atoms with van der Waals surface area (Å²) < 4.78 is 10.2. The third-order valence-corrected chi connectivity index (χ3v) is 8.66. The zero-order chi connectivity index (χ0) is 33.5. The minimum Gasteiger partial charge on any atom is -0.463 e. The summed E-state index contributed by atoms with van der Waals surface area (Å²) in [5.41, 5.74) is 0. The first-order chi connectivity index (χ1) is 21.5. The first-order valence-corrected chi connectivity index (χ1v) is 17.8. The molecule has 0 aromatic carbocycles. The maximum absolute atomic E-state index is 12.6. The molecule has 0 heterocycles. The highest BCUT2D eigenvalue weighted by Crippen LogP contribution is 2.36. The van der Waals surface area contributed by atoms with E-state index in [1.165, 1.54) is 32.1 Å². The molecule has 6 atom stereocenters. The molecule has 0 unspecified atom stereocenters. The van der Waals surface area contributed by atoms with Crippen molar-refractivity contribution in [2.24, 2.45) is 17.8 Å². The number of aliphatic hydroxyl groups is 4. The van der Waals surface area contributed by atoms with Crippen molar-refractivity contribution in [2.75, 3.05) is 13.2 Å². The van der Waals surface area contributed by atoms with Crippen molar-refractivity contribution in [2.45, 2.75) is 167 Å². The lowest BCUT2D eigenvalue weighted by Crippen LogP contribution is -2.25. The van der Waals surface area contributed by atoms with Crippen molar-refractivity contribution >= 4 is 17.7 Å². The van der Waals surface area contributed by atoms with Gasteiger partial charge in [-0.05, 0) is 31.6 Å². The van der Waals surface area contributed by atoms with E-state index in [9.17, 15) is 34.8 Å². The van der Waals surface area contributed by atoms with Crippen molar-refractivity contribution in [3.63, 3.8) is 0 Å². The molecule has 0 aromatic rings. The zero-order valence-electron chi connectivity index (χ0n) is 28.4. The molecule has 4 N–H and O–H groups in total. The van der Waals surface area contributed by atoms with Crippen LogP contribution in [0.25, 0.3) is 0 Å². The van der Waals surface area contributed by atoms with Crippen molar-refractivity contribution in [3.8, 4) is 0 Å². The van der Waals surface area contributed by atoms with Crippen LogP contribution in [0.2, 0.25) is 0 Å². The number of rotatable bonds is 27. The first-order valence-electron chi connectivity index (χ1n) is 17.8. The Morgan fingerprint density at radius 1 is 0.733 bits per heavy atom. The molecule has 1 saturated carbocycles. The molecular formula is C36H64O9. The normalized spacial score (nSPS) is 21.3. The van der Waals surface area contributed by atoms with Crippen molar-refractivity contribution in [1.29, 1.82) is 0 Å². The van der Waals surface area contributed by atoms with Gasteiger partial charge in [-0.3, -0.25) is 14.4 Å². The molecule has 0 amide bonds. The van der Waals surface area contributed by atoms with Crippen LogP contribution in [0, 0.1) is 17.8 Å². The third kappa shape index (κ3) is 20.8. The van der Waals surface area contributed by atoms with Gasteiger partial charge in [0.1, 0.15) is 25.1 Å². The Morgan fingerprint density at radius 3 is 1.87 bits per heavy atom. The Hall–Kier alpha value is -1.81. The Bertz CT molecular complexity index is 827. The lowest BCUT2D eigenvalue weighted by atomic mass is 9.87. The van der Waals surface area contributed by atoms with Crippen LogP contribution in [-0.2, 0) is 23.9 Å². The van der Waals surface area contributed by atoms with Gasteiger partial charge in [0.2, 0.25) is 0 Å². The molecule has 9 nitrogen and oxygen atoms in total. The van der Waals surface area contributed by atoms with E-state index < -0.39 is 36.3 Å². The molecule has 1 rings (SSSR count). The summed E-state index contributed by atoms with van der Waals surface area (Å²) in [6, 6.07) is 0. The monoisotopic (exact) mass is 640 g/mol. The summed E-state index contributed by atoms with van der Waals surface area (Å²) >= 11 is 0. The molecular weight excluding hydrogens is 576 g/mol. The van der Waals surface area contributed by atoms with E-state index in [0.717, 1.165) is 44.4 Å². The highest BCUT2D eigenvalue weighted by Gasteiger charge is 2.41. The van der Waals surface area contributed by atoms with E-state index in [4.69, 9.17) is 9.47 Å². The van der Waals surface area contributed by atoms with E-state index in [2.05, 4.69) is 20.8 Å². The highest BCUT2D eigenvalue weighted by atomic mass is 16.6. The van der Waals surface area contributed by atoms with Gasteiger partial charge >= 0.3 is 11.9 Å². The van der Waals surface area contributed by atoms with Crippen LogP contribution in [0.5, 0.6) is 0 Å². The Morgan fingerprint density at radius 2 is 1.27 bits per heavy atom. The fourth-order valence-corrected chi connectivity index (χ4v) is 5.85. The van der Waals surface area contributed by atoms with Gasteiger partial charge in [0.15, 0.2) is 0 Å². The molecule has 262 valence electrons. The standard InChI is InChI=1S/C36H64O9/c1-4-5-11-17-28(37)21-22-31-32(34(41)24-33(31)40)23-29(38)18-14-15-20-36(43)45-26-30(39)25-44-35(42)19-13-10-8-6-7-9-12-16-27(2)3/h21-22,27-28,30-34,37,39-41H,4-20,23-26H2,1-3H3/b22-21+/t28-,30+,31+,32+,33+,34-/m0/s1. The molecule has 0 bridgehead atoms. The molecule has 45 heavy (non-hydrogen) atoms. The number of aliphatic hydroxyl groups excluding tert-OH is 4. The van der Waals surface area contributed by atoms with E-state index in [1.807, 2.05) is 0 Å². The molecule has 0 radical (unpaired) electrons. The van der Waals surface area contributed by atoms with Gasteiger partial charge in [0.25, 0.3) is 0 Å². The lowest BCUT2D eigenvalue weighted by molar-refractivity contribution is -0.152. The predicted molar refractivity (Wildman–Crippen MR) is 175 cm³/mol. The summed E-state index contributed by atoms with van der Waals surface area (Å²) in [5.74, 6) is -0.913. The molecule has 1 aliphatic carbocycles. The van der Waals surface area contributed by atoms with E-state index in [-0.39, 0.29) is 56.6 Å². The summed E-state index contributed by atoms with van der Waals surface area (Å²) in [4.78, 5) is 36.6. The maximum Gasteiger partial charge on any atom is 0.305 e. The second-order valence-corrected chi connectivity index (χ2v) is 13.4. The van der Waals surface area contributed by atoms with Crippen LogP contribution in [0.4, 0.5) is 0 Å². The van der Waals surface area contributed by atoms with Crippen LogP contribution >= 0.6 is 0 Å². The zero-order valence-corrected chi connectivity index (χ0v) is 28.4. The van der Waals surface area contributed by atoms with Gasteiger partial charge in [-0.15, -0.1) is 0 Å². The first kappa shape index (κ1) is 41.2. The molecule has 9 heteroatoms. The summed E-state index contributed by atoms with van der Waals surface area (Å²) in [7, 11) is 0. The molecule has 1 aliphatic rings. The number of hydrogen-bond acceptors (Lipinski definition) is 9. The molecule has 0 aliphatic heterocycles. The van der Waals surface area contributed by atoms with Crippen molar-refractivity contribution < 1.29 is 44.3 Å². The maximum atomic E-state index is 12.6. The number of unbranched alkanes of at least 4 members (excludes halogenated alkanes) is 9. The second kappa shape index (κ2) is 25.3. The fraction of sp³-hybridized carbons (Fsp3) is 0.861. The van der Waals surface area contributed by atoms with Crippen molar-refractivity contribution in [3.05, 3.63) is 12.2 Å². The summed E-state index contributed by atoms with van der Waals surface area (Å²) in [6.07, 6.45) is 14.9. The van der Waals surface area contributed by atoms with Gasteiger partial charge in [-0.2, -0.15) is 0 Å². The average molecular weight is 641 g/mol. The highest BCUT2D eigenvalue weighted by molar-refractivity contribution is 5.79. The largest absolute Gasteiger partial charge is 0.463 e. The Kier molecular flexibility index (Phi) is 23.2. The number of ether oxygens (including phenoxy) is 2. The quantitative estimate of drug-likeness (QED) is 0.0483. The SMILES string of the molecule is CCCCC[C@H](O)/C=C/[C@@H]1[C@@H](CC(=O)CCCCC(=O)OC[C@H](O)COC(=O)CCCCCCCCCC(C)C)[C@@H](O)C[C@H]1O. The number of ketones is 1. The fourth-order valence-electron chi connectivity index (χ4n) is 5.85. The van der Waals surface area contributed by atoms with Gasteiger partial charge in [0.05, 0.1) is 18.3 Å². The Labute approximate surface area is 272 Å². The predicted octanol–water partition coefficient (Wildman–Crippen LogP) is 5.98. The van der Waals surface area contributed by atoms with Crippen LogP contribution in [0.15, 0.2) is 12.2 Å². The van der Waals surface area contributed by atoms with E-state index in [1.54, 1.807) is 12.2 Å². The topological polar surface area (TPSA) is 151 Å².